The molecule has 30 heavy (non-hydrogen) atoms. The van der Waals surface area contributed by atoms with Crippen LogP contribution in [0.1, 0.15) is 35.3 Å². The van der Waals surface area contributed by atoms with E-state index in [1.54, 1.807) is 0 Å². The van der Waals surface area contributed by atoms with Crippen molar-refractivity contribution in [3.05, 3.63) is 94.0 Å². The van der Waals surface area contributed by atoms with E-state index in [0.29, 0.717) is 42.8 Å². The fourth-order valence-corrected chi connectivity index (χ4v) is 3.48. The van der Waals surface area contributed by atoms with Crippen molar-refractivity contribution in [1.29, 1.82) is 0 Å². The van der Waals surface area contributed by atoms with Gasteiger partial charge in [0.15, 0.2) is 11.5 Å². The first-order chi connectivity index (χ1) is 14.6. The van der Waals surface area contributed by atoms with E-state index < -0.39 is 6.10 Å². The molecule has 0 radical (unpaired) electrons. The Labute approximate surface area is 183 Å². The maximum atomic E-state index is 10.3. The van der Waals surface area contributed by atoms with Crippen LogP contribution >= 0.6 is 11.6 Å². The van der Waals surface area contributed by atoms with E-state index in [2.05, 4.69) is 18.3 Å². The predicted molar refractivity (Wildman–Crippen MR) is 121 cm³/mol. The van der Waals surface area contributed by atoms with E-state index in [4.69, 9.17) is 21.1 Å². The van der Waals surface area contributed by atoms with Crippen molar-refractivity contribution >= 4 is 11.6 Å². The Morgan fingerprint density at radius 2 is 1.73 bits per heavy atom. The lowest BCUT2D eigenvalue weighted by Gasteiger charge is -2.17. The van der Waals surface area contributed by atoms with Crippen molar-refractivity contribution in [2.45, 2.75) is 33.1 Å². The Balaban J connectivity index is 1.65. The van der Waals surface area contributed by atoms with Gasteiger partial charge in [-0.1, -0.05) is 66.2 Å². The molecule has 2 N–H and O–H groups in total. The van der Waals surface area contributed by atoms with Crippen LogP contribution in [-0.4, -0.2) is 18.3 Å². The van der Waals surface area contributed by atoms with Crippen LogP contribution in [0, 0.1) is 6.92 Å². The van der Waals surface area contributed by atoms with Crippen molar-refractivity contribution in [3.8, 4) is 11.5 Å². The summed E-state index contributed by atoms with van der Waals surface area (Å²) in [5, 5.41) is 14.1. The van der Waals surface area contributed by atoms with Crippen LogP contribution < -0.4 is 14.8 Å². The summed E-state index contributed by atoms with van der Waals surface area (Å²) in [6, 6.07) is 21.5. The number of aryl methyl sites for hydroxylation is 1. The van der Waals surface area contributed by atoms with E-state index in [1.165, 1.54) is 5.56 Å². The molecule has 0 aliphatic heterocycles. The minimum Gasteiger partial charge on any atom is -0.490 e. The third-order valence-corrected chi connectivity index (χ3v) is 5.13. The Morgan fingerprint density at radius 1 is 1.00 bits per heavy atom. The summed E-state index contributed by atoms with van der Waals surface area (Å²) < 4.78 is 11.8. The second kappa shape index (κ2) is 11.0. The van der Waals surface area contributed by atoms with Gasteiger partial charge >= 0.3 is 0 Å². The molecule has 0 bridgehead atoms. The van der Waals surface area contributed by atoms with Crippen LogP contribution in [0.2, 0.25) is 5.02 Å². The number of benzene rings is 3. The molecule has 0 spiro atoms. The molecular formula is C25H28ClNO3. The van der Waals surface area contributed by atoms with E-state index in [0.717, 1.165) is 16.7 Å². The summed E-state index contributed by atoms with van der Waals surface area (Å²) in [7, 11) is 0. The first-order valence-electron chi connectivity index (χ1n) is 10.1. The number of halogens is 1. The van der Waals surface area contributed by atoms with Gasteiger partial charge in [0.1, 0.15) is 6.61 Å². The number of hydrogen-bond acceptors (Lipinski definition) is 4. The highest BCUT2D eigenvalue weighted by Crippen LogP contribution is 2.37. The minimum atomic E-state index is -0.565. The van der Waals surface area contributed by atoms with Crippen LogP contribution in [0.4, 0.5) is 0 Å². The Bertz CT molecular complexity index is 946. The van der Waals surface area contributed by atoms with Crippen LogP contribution in [0.15, 0.2) is 66.7 Å². The summed E-state index contributed by atoms with van der Waals surface area (Å²) >= 11 is 6.53. The lowest BCUT2D eigenvalue weighted by molar-refractivity contribution is 0.174. The van der Waals surface area contributed by atoms with Crippen molar-refractivity contribution < 1.29 is 14.6 Å². The molecular weight excluding hydrogens is 398 g/mol. The van der Waals surface area contributed by atoms with E-state index >= 15 is 0 Å². The zero-order valence-electron chi connectivity index (χ0n) is 17.4. The average Bonchev–Trinajstić information content (AvgIpc) is 2.75. The first kappa shape index (κ1) is 22.2. The molecule has 0 saturated heterocycles. The smallest absolute Gasteiger partial charge is 0.180 e. The number of nitrogens with one attached hydrogen (secondary N) is 1. The molecule has 0 unspecified atom stereocenters. The quantitative estimate of drug-likeness (QED) is 0.453. The molecule has 5 heteroatoms. The summed E-state index contributed by atoms with van der Waals surface area (Å²) in [5.41, 5.74) is 4.13. The standard InChI is InChI=1S/C25H28ClNO3/c1-3-29-24-14-19(15-27-16-23(28)20-10-5-4-6-11-20)13-22(26)25(24)30-17-21-12-8-7-9-18(21)2/h4-14,23,27-28H,3,15-17H2,1-2H3/t23-/m1/s1. The molecule has 0 fully saturated rings. The van der Waals surface area contributed by atoms with E-state index in [-0.39, 0.29) is 0 Å². The summed E-state index contributed by atoms with van der Waals surface area (Å²) in [6.45, 7) is 5.93. The average molecular weight is 426 g/mol. The minimum absolute atomic E-state index is 0.424. The Morgan fingerprint density at radius 3 is 2.47 bits per heavy atom. The lowest BCUT2D eigenvalue weighted by atomic mass is 10.1. The molecule has 0 heterocycles. The molecule has 0 aliphatic rings. The van der Waals surface area contributed by atoms with Gasteiger partial charge in [0, 0.05) is 13.1 Å². The van der Waals surface area contributed by atoms with Gasteiger partial charge in [-0.2, -0.15) is 0 Å². The molecule has 1 atom stereocenters. The second-order valence-electron chi connectivity index (χ2n) is 7.11. The third-order valence-electron chi connectivity index (χ3n) is 4.85. The number of aliphatic hydroxyl groups excluding tert-OH is 1. The normalized spacial score (nSPS) is 11.9. The fourth-order valence-electron chi connectivity index (χ4n) is 3.19. The van der Waals surface area contributed by atoms with Gasteiger partial charge in [0.25, 0.3) is 0 Å². The van der Waals surface area contributed by atoms with Crippen LogP contribution in [0.25, 0.3) is 0 Å². The van der Waals surface area contributed by atoms with Gasteiger partial charge in [-0.05, 0) is 48.2 Å². The molecule has 3 rings (SSSR count). The van der Waals surface area contributed by atoms with Crippen molar-refractivity contribution in [1.82, 2.24) is 5.32 Å². The largest absolute Gasteiger partial charge is 0.490 e. The zero-order chi connectivity index (χ0) is 21.3. The Hall–Kier alpha value is -2.53. The van der Waals surface area contributed by atoms with Gasteiger partial charge in [-0.15, -0.1) is 0 Å². The van der Waals surface area contributed by atoms with Gasteiger partial charge in [0.05, 0.1) is 17.7 Å². The van der Waals surface area contributed by atoms with Crippen molar-refractivity contribution in [3.63, 3.8) is 0 Å². The van der Waals surface area contributed by atoms with Crippen molar-refractivity contribution in [2.24, 2.45) is 0 Å². The topological polar surface area (TPSA) is 50.7 Å². The van der Waals surface area contributed by atoms with Gasteiger partial charge < -0.3 is 19.9 Å². The molecule has 3 aromatic carbocycles. The SMILES string of the molecule is CCOc1cc(CNC[C@@H](O)c2ccccc2)cc(Cl)c1OCc1ccccc1C. The summed E-state index contributed by atoms with van der Waals surface area (Å²) in [5.74, 6) is 1.17. The van der Waals surface area contributed by atoms with E-state index in [9.17, 15) is 5.11 Å². The molecule has 3 aromatic rings. The van der Waals surface area contributed by atoms with Crippen molar-refractivity contribution in [2.75, 3.05) is 13.2 Å². The number of rotatable bonds is 10. The van der Waals surface area contributed by atoms with E-state index in [1.807, 2.05) is 67.6 Å². The highest BCUT2D eigenvalue weighted by Gasteiger charge is 2.14. The monoisotopic (exact) mass is 425 g/mol. The van der Waals surface area contributed by atoms with Gasteiger partial charge in [-0.3, -0.25) is 0 Å². The highest BCUT2D eigenvalue weighted by atomic mass is 35.5. The lowest BCUT2D eigenvalue weighted by Crippen LogP contribution is -2.21. The summed E-state index contributed by atoms with van der Waals surface area (Å²) in [4.78, 5) is 0. The predicted octanol–water partition coefficient (Wildman–Crippen LogP) is 5.45. The maximum Gasteiger partial charge on any atom is 0.180 e. The molecule has 0 saturated carbocycles. The third kappa shape index (κ3) is 5.99. The van der Waals surface area contributed by atoms with Gasteiger partial charge in [-0.25, -0.2) is 0 Å². The number of ether oxygens (including phenoxy) is 2. The molecule has 0 aromatic heterocycles. The van der Waals surface area contributed by atoms with Gasteiger partial charge in [0.2, 0.25) is 0 Å². The Kier molecular flexibility index (Phi) is 8.14. The molecule has 0 amide bonds. The molecule has 0 aliphatic carbocycles. The highest BCUT2D eigenvalue weighted by molar-refractivity contribution is 6.32. The fraction of sp³-hybridized carbons (Fsp3) is 0.280. The zero-order valence-corrected chi connectivity index (χ0v) is 18.2. The first-order valence-corrected chi connectivity index (χ1v) is 10.5. The molecule has 4 nitrogen and oxygen atoms in total. The van der Waals surface area contributed by atoms with Crippen LogP contribution in [0.3, 0.4) is 0 Å². The number of hydrogen-bond donors (Lipinski definition) is 2. The maximum absolute atomic E-state index is 10.3. The molecule has 158 valence electrons. The summed E-state index contributed by atoms with van der Waals surface area (Å²) in [6.07, 6.45) is -0.565. The second-order valence-corrected chi connectivity index (χ2v) is 7.52. The number of aliphatic hydroxyl groups is 1. The van der Waals surface area contributed by atoms with Crippen LogP contribution in [0.5, 0.6) is 11.5 Å². The van der Waals surface area contributed by atoms with Crippen LogP contribution in [-0.2, 0) is 13.2 Å².